The van der Waals surface area contributed by atoms with Crippen LogP contribution < -0.4 is 10.2 Å². The second kappa shape index (κ2) is 11.5. The molecular formula is C32H30FN3O3. The van der Waals surface area contributed by atoms with E-state index >= 15 is 0 Å². The summed E-state index contributed by atoms with van der Waals surface area (Å²) in [5, 5.41) is 4.69. The van der Waals surface area contributed by atoms with Crippen molar-refractivity contribution in [2.45, 2.75) is 32.4 Å². The van der Waals surface area contributed by atoms with E-state index in [0.29, 0.717) is 29.8 Å². The Morgan fingerprint density at radius 3 is 2.33 bits per heavy atom. The zero-order chi connectivity index (χ0) is 27.4. The molecule has 6 nitrogen and oxygen atoms in total. The molecule has 1 aliphatic heterocycles. The van der Waals surface area contributed by atoms with Gasteiger partial charge < -0.3 is 10.2 Å². The summed E-state index contributed by atoms with van der Waals surface area (Å²) in [6.45, 7) is 2.31. The Morgan fingerprint density at radius 2 is 1.62 bits per heavy atom. The molecule has 0 unspecified atom stereocenters. The van der Waals surface area contributed by atoms with Gasteiger partial charge in [-0.25, -0.2) is 4.39 Å². The smallest absolute Gasteiger partial charge is 0.259 e. The number of hydrogen-bond donors (Lipinski definition) is 1. The maximum atomic E-state index is 14.1. The van der Waals surface area contributed by atoms with Crippen molar-refractivity contribution in [3.8, 4) is 0 Å². The van der Waals surface area contributed by atoms with Crippen molar-refractivity contribution in [1.82, 2.24) is 10.2 Å². The van der Waals surface area contributed by atoms with Gasteiger partial charge in [-0.1, -0.05) is 73.7 Å². The lowest BCUT2D eigenvalue weighted by atomic mass is 10.0. The summed E-state index contributed by atoms with van der Waals surface area (Å²) >= 11 is 0. The number of nitrogens with one attached hydrogen (secondary N) is 1. The van der Waals surface area contributed by atoms with E-state index in [1.807, 2.05) is 67.6 Å². The molecule has 0 bridgehead atoms. The highest BCUT2D eigenvalue weighted by molar-refractivity contribution is 6.26. The lowest BCUT2D eigenvalue weighted by Gasteiger charge is -2.33. The molecular weight excluding hydrogens is 493 g/mol. The van der Waals surface area contributed by atoms with Crippen molar-refractivity contribution in [3.63, 3.8) is 0 Å². The molecule has 4 aromatic carbocycles. The third-order valence-corrected chi connectivity index (χ3v) is 7.03. The van der Waals surface area contributed by atoms with E-state index in [1.54, 1.807) is 18.2 Å². The molecule has 0 saturated carbocycles. The summed E-state index contributed by atoms with van der Waals surface area (Å²) in [7, 11) is 0. The summed E-state index contributed by atoms with van der Waals surface area (Å²) in [6.07, 6.45) is 1.05. The van der Waals surface area contributed by atoms with E-state index in [9.17, 15) is 18.8 Å². The first-order valence-corrected chi connectivity index (χ1v) is 13.2. The van der Waals surface area contributed by atoms with E-state index in [4.69, 9.17) is 0 Å². The summed E-state index contributed by atoms with van der Waals surface area (Å²) in [5.41, 5.74) is 2.82. The molecule has 0 aliphatic carbocycles. The van der Waals surface area contributed by atoms with Crippen molar-refractivity contribution in [1.29, 1.82) is 0 Å². The van der Waals surface area contributed by atoms with Gasteiger partial charge in [0.1, 0.15) is 18.4 Å². The van der Waals surface area contributed by atoms with Gasteiger partial charge in [0, 0.05) is 30.5 Å². The van der Waals surface area contributed by atoms with E-state index in [0.717, 1.165) is 22.8 Å². The van der Waals surface area contributed by atoms with Gasteiger partial charge in [-0.3, -0.25) is 19.3 Å². The molecule has 7 heteroatoms. The first-order chi connectivity index (χ1) is 19.0. The Morgan fingerprint density at radius 1 is 0.897 bits per heavy atom. The van der Waals surface area contributed by atoms with Crippen LogP contribution in [0.25, 0.3) is 10.8 Å². The highest BCUT2D eigenvalue weighted by atomic mass is 19.1. The summed E-state index contributed by atoms with van der Waals surface area (Å²) in [5.74, 6) is -1.27. The zero-order valence-corrected chi connectivity index (χ0v) is 21.8. The minimum atomic E-state index is -0.827. The summed E-state index contributed by atoms with van der Waals surface area (Å²) < 4.78 is 13.7. The Balaban J connectivity index is 1.50. The molecule has 0 aromatic heterocycles. The topological polar surface area (TPSA) is 69.7 Å². The van der Waals surface area contributed by atoms with Crippen LogP contribution in [0.5, 0.6) is 0 Å². The Hall–Kier alpha value is -4.52. The lowest BCUT2D eigenvalue weighted by Crippen LogP contribution is -2.53. The normalized spacial score (nSPS) is 13.0. The van der Waals surface area contributed by atoms with Crippen LogP contribution in [0.4, 0.5) is 10.1 Å². The molecule has 39 heavy (non-hydrogen) atoms. The van der Waals surface area contributed by atoms with Crippen LogP contribution in [-0.4, -0.2) is 41.8 Å². The minimum absolute atomic E-state index is 0.0926. The average Bonchev–Trinajstić information content (AvgIpc) is 3.23. The average molecular weight is 524 g/mol. The van der Waals surface area contributed by atoms with Crippen LogP contribution in [0.2, 0.25) is 0 Å². The Kier molecular flexibility index (Phi) is 7.68. The fraction of sp³-hybridized carbons (Fsp3) is 0.219. The van der Waals surface area contributed by atoms with Gasteiger partial charge >= 0.3 is 0 Å². The highest BCUT2D eigenvalue weighted by Crippen LogP contribution is 2.37. The number of benzene rings is 4. The minimum Gasteiger partial charge on any atom is -0.354 e. The largest absolute Gasteiger partial charge is 0.354 e. The number of carbonyl (C=O) groups is 3. The molecule has 3 amide bonds. The van der Waals surface area contributed by atoms with Gasteiger partial charge in [-0.05, 0) is 47.2 Å². The number of rotatable bonds is 10. The van der Waals surface area contributed by atoms with Gasteiger partial charge in [-0.2, -0.15) is 0 Å². The maximum Gasteiger partial charge on any atom is 0.259 e. The van der Waals surface area contributed by atoms with Crippen LogP contribution >= 0.6 is 0 Å². The van der Waals surface area contributed by atoms with Gasteiger partial charge in [0.15, 0.2) is 0 Å². The summed E-state index contributed by atoms with van der Waals surface area (Å²) in [4.78, 5) is 44.0. The predicted molar refractivity (Wildman–Crippen MR) is 150 cm³/mol. The number of anilines is 1. The van der Waals surface area contributed by atoms with E-state index in [2.05, 4.69) is 5.32 Å². The third-order valence-electron chi connectivity index (χ3n) is 7.03. The van der Waals surface area contributed by atoms with E-state index in [-0.39, 0.29) is 36.6 Å². The third kappa shape index (κ3) is 5.53. The number of nitrogens with zero attached hydrogens (tertiary/aromatic N) is 2. The molecule has 5 rings (SSSR count). The van der Waals surface area contributed by atoms with E-state index < -0.39 is 6.04 Å². The molecule has 1 aliphatic rings. The van der Waals surface area contributed by atoms with Gasteiger partial charge in [0.25, 0.3) is 5.91 Å². The molecule has 1 N–H and O–H groups in total. The molecule has 0 radical (unpaired) electrons. The number of halogens is 1. The molecule has 0 spiro atoms. The van der Waals surface area contributed by atoms with Crippen LogP contribution in [0.15, 0.2) is 91.0 Å². The maximum absolute atomic E-state index is 14.1. The van der Waals surface area contributed by atoms with Gasteiger partial charge in [0.05, 0.1) is 5.69 Å². The molecule has 1 heterocycles. The monoisotopic (exact) mass is 523 g/mol. The zero-order valence-electron chi connectivity index (χ0n) is 21.8. The molecule has 198 valence electrons. The predicted octanol–water partition coefficient (Wildman–Crippen LogP) is 5.11. The SMILES string of the molecule is CCCNC(=O)[C@@H](Cc1ccccc1)N(Cc1ccc(F)cc1)C(=O)CN1C(=O)c2cccc3cccc1c23. The second-order valence-corrected chi connectivity index (χ2v) is 9.72. The van der Waals surface area contributed by atoms with Crippen molar-refractivity contribution in [3.05, 3.63) is 114 Å². The lowest BCUT2D eigenvalue weighted by molar-refractivity contribution is -0.140. The standard InChI is InChI=1S/C32H30FN3O3/c1-2-18-34-31(38)28(19-22-8-4-3-5-9-22)35(20-23-14-16-25(33)17-15-23)29(37)21-36-27-13-7-11-24-10-6-12-26(30(24)27)32(36)39/h3-17,28H,2,18-21H2,1H3,(H,34,38)/t28-/m1/s1. The highest BCUT2D eigenvalue weighted by Gasteiger charge is 2.35. The fourth-order valence-electron chi connectivity index (χ4n) is 5.07. The van der Waals surface area contributed by atoms with Gasteiger partial charge in [0.2, 0.25) is 11.8 Å². The van der Waals surface area contributed by atoms with Crippen LogP contribution in [0.1, 0.15) is 34.8 Å². The van der Waals surface area contributed by atoms with Crippen molar-refractivity contribution >= 4 is 34.2 Å². The Labute approximate surface area is 227 Å². The van der Waals surface area contributed by atoms with Crippen molar-refractivity contribution < 1.29 is 18.8 Å². The molecule has 1 atom stereocenters. The quantitative estimate of drug-likeness (QED) is 0.314. The second-order valence-electron chi connectivity index (χ2n) is 9.72. The molecule has 4 aromatic rings. The fourth-order valence-corrected chi connectivity index (χ4v) is 5.07. The first kappa shape index (κ1) is 26.1. The summed E-state index contributed by atoms with van der Waals surface area (Å²) in [6, 6.07) is 25.8. The van der Waals surface area contributed by atoms with Crippen molar-refractivity contribution in [2.24, 2.45) is 0 Å². The number of amides is 3. The number of carbonyl (C=O) groups excluding carboxylic acids is 3. The first-order valence-electron chi connectivity index (χ1n) is 13.2. The molecule has 0 fully saturated rings. The number of hydrogen-bond acceptors (Lipinski definition) is 3. The van der Waals surface area contributed by atoms with Crippen LogP contribution in [-0.2, 0) is 22.6 Å². The van der Waals surface area contributed by atoms with Crippen LogP contribution in [0, 0.1) is 5.82 Å². The van der Waals surface area contributed by atoms with Crippen LogP contribution in [0.3, 0.4) is 0 Å². The molecule has 0 saturated heterocycles. The van der Waals surface area contributed by atoms with Crippen molar-refractivity contribution in [2.75, 3.05) is 18.0 Å². The Bertz CT molecular complexity index is 1500. The van der Waals surface area contributed by atoms with E-state index in [1.165, 1.54) is 21.9 Å². The van der Waals surface area contributed by atoms with Gasteiger partial charge in [-0.15, -0.1) is 0 Å².